The molecule has 0 aliphatic heterocycles. The highest BCUT2D eigenvalue weighted by Gasteiger charge is 2.74. The monoisotopic (exact) mass is 494 g/mol. The van der Waals surface area contributed by atoms with Crippen LogP contribution in [0.2, 0.25) is 0 Å². The van der Waals surface area contributed by atoms with Crippen molar-refractivity contribution in [2.75, 3.05) is 13.2 Å². The van der Waals surface area contributed by atoms with Crippen LogP contribution in [-0.2, 0) is 9.47 Å². The molecule has 0 spiro atoms. The first-order chi connectivity index (χ1) is 13.6. The summed E-state index contributed by atoms with van der Waals surface area (Å²) < 4.78 is 187. The average molecular weight is 494 g/mol. The van der Waals surface area contributed by atoms with Crippen molar-refractivity contribution in [1.29, 1.82) is 0 Å². The number of rotatable bonds is 9. The molecule has 0 radical (unpaired) electrons. The predicted octanol–water partition coefficient (Wildman–Crippen LogP) is 6.24. The van der Waals surface area contributed by atoms with E-state index in [2.05, 4.69) is 9.47 Å². The molecule has 16 heteroatoms. The first kappa shape index (κ1) is 28.0. The summed E-state index contributed by atoms with van der Waals surface area (Å²) in [4.78, 5) is 0. The van der Waals surface area contributed by atoms with E-state index in [9.17, 15) is 61.5 Å². The third kappa shape index (κ3) is 5.47. The van der Waals surface area contributed by atoms with Crippen LogP contribution in [0.4, 0.5) is 61.5 Å². The van der Waals surface area contributed by atoms with E-state index in [0.29, 0.717) is 0 Å². The lowest BCUT2D eigenvalue weighted by Crippen LogP contribution is -2.55. The van der Waals surface area contributed by atoms with Crippen molar-refractivity contribution in [3.05, 3.63) is 0 Å². The van der Waals surface area contributed by atoms with Crippen LogP contribution in [0.25, 0.3) is 0 Å². The second-order valence-corrected chi connectivity index (χ2v) is 6.92. The van der Waals surface area contributed by atoms with E-state index in [1.807, 2.05) is 0 Å². The first-order valence-electron chi connectivity index (χ1n) is 8.50. The van der Waals surface area contributed by atoms with Crippen LogP contribution in [0.1, 0.15) is 26.2 Å². The lowest BCUT2D eigenvalue weighted by Gasteiger charge is -2.32. The molecule has 1 aliphatic rings. The van der Waals surface area contributed by atoms with Crippen molar-refractivity contribution in [2.24, 2.45) is 5.92 Å². The van der Waals surface area contributed by atoms with Gasteiger partial charge in [0.2, 0.25) is 0 Å². The molecule has 0 amide bonds. The van der Waals surface area contributed by atoms with Gasteiger partial charge in [0.1, 0.15) is 13.2 Å². The van der Waals surface area contributed by atoms with Gasteiger partial charge in [-0.15, -0.1) is 0 Å². The summed E-state index contributed by atoms with van der Waals surface area (Å²) in [5.41, 5.74) is 0. The second-order valence-electron chi connectivity index (χ2n) is 6.92. The summed E-state index contributed by atoms with van der Waals surface area (Å²) in [6.07, 6.45) is -17.4. The molecule has 0 heterocycles. The molecule has 186 valence electrons. The fourth-order valence-corrected chi connectivity index (χ4v) is 2.88. The van der Waals surface area contributed by atoms with E-state index < -0.39 is 73.8 Å². The maximum atomic E-state index is 13.4. The Kier molecular flexibility index (Phi) is 7.86. The molecule has 0 aromatic heterocycles. The normalized spacial score (nSPS) is 24.7. The highest BCUT2D eigenvalue weighted by Crippen LogP contribution is 2.48. The molecule has 1 aliphatic carbocycles. The maximum Gasteiger partial charge on any atom is 0.459 e. The Morgan fingerprint density at radius 3 is 1.35 bits per heavy atom. The van der Waals surface area contributed by atoms with Crippen LogP contribution >= 0.6 is 0 Å². The zero-order chi connectivity index (χ0) is 24.7. The number of hydrogen-bond acceptors (Lipinski definition) is 2. The highest BCUT2D eigenvalue weighted by molar-refractivity contribution is 4.95. The quantitative estimate of drug-likeness (QED) is 0.354. The third-order valence-corrected chi connectivity index (χ3v) is 4.74. The van der Waals surface area contributed by atoms with Crippen LogP contribution in [0.5, 0.6) is 0 Å². The van der Waals surface area contributed by atoms with E-state index in [1.54, 1.807) is 0 Å². The van der Waals surface area contributed by atoms with Gasteiger partial charge in [0.15, 0.2) is 0 Å². The van der Waals surface area contributed by atoms with Gasteiger partial charge < -0.3 is 9.47 Å². The van der Waals surface area contributed by atoms with Crippen LogP contribution in [0.3, 0.4) is 0 Å². The van der Waals surface area contributed by atoms with Gasteiger partial charge in [-0.25, -0.2) is 0 Å². The minimum atomic E-state index is -6.65. The molecular formula is C15H16F14O2. The zero-order valence-corrected chi connectivity index (χ0v) is 15.4. The van der Waals surface area contributed by atoms with E-state index >= 15 is 0 Å². The van der Waals surface area contributed by atoms with Crippen molar-refractivity contribution in [3.63, 3.8) is 0 Å². The van der Waals surface area contributed by atoms with E-state index in [1.165, 1.54) is 6.92 Å². The molecule has 3 unspecified atom stereocenters. The van der Waals surface area contributed by atoms with Crippen molar-refractivity contribution < 1.29 is 70.9 Å². The Hall–Kier alpha value is -1.06. The number of alkyl halides is 14. The summed E-state index contributed by atoms with van der Waals surface area (Å²) in [7, 11) is 0. The average Bonchev–Trinajstić information content (AvgIpc) is 2.98. The highest BCUT2D eigenvalue weighted by atomic mass is 19.4. The minimum Gasteiger partial charge on any atom is -0.369 e. The van der Waals surface area contributed by atoms with Gasteiger partial charge in [0, 0.05) is 0 Å². The topological polar surface area (TPSA) is 18.5 Å². The van der Waals surface area contributed by atoms with Gasteiger partial charge in [0.25, 0.3) is 0 Å². The van der Waals surface area contributed by atoms with Gasteiger partial charge >= 0.3 is 36.0 Å². The standard InChI is InChI=1S/C15H16F14O2/c1-2-7-3-4-8(30-5-10(16,17)12(20,21)14(24,25)26)9(7)31-6-11(18,19)13(22,23)15(27,28)29/h7-9H,2-6H2,1H3. The van der Waals surface area contributed by atoms with Crippen LogP contribution in [0, 0.1) is 5.92 Å². The van der Waals surface area contributed by atoms with Crippen molar-refractivity contribution in [3.8, 4) is 0 Å². The molecule has 1 fully saturated rings. The summed E-state index contributed by atoms with van der Waals surface area (Å²) in [6.45, 7) is -3.69. The summed E-state index contributed by atoms with van der Waals surface area (Å²) in [6, 6.07) is 0. The Morgan fingerprint density at radius 1 is 0.613 bits per heavy atom. The molecule has 1 rings (SSSR count). The Bertz CT molecular complexity index is 597. The number of ether oxygens (including phenoxy) is 2. The lowest BCUT2D eigenvalue weighted by atomic mass is 10.0. The Balaban J connectivity index is 2.93. The minimum absolute atomic E-state index is 0.000859. The molecule has 31 heavy (non-hydrogen) atoms. The summed E-state index contributed by atoms with van der Waals surface area (Å²) in [5, 5.41) is 0. The second kappa shape index (κ2) is 8.71. The molecule has 0 saturated heterocycles. The molecule has 0 N–H and O–H groups in total. The lowest BCUT2D eigenvalue weighted by molar-refractivity contribution is -0.367. The molecule has 0 bridgehead atoms. The smallest absolute Gasteiger partial charge is 0.369 e. The van der Waals surface area contributed by atoms with Gasteiger partial charge in [-0.3, -0.25) is 0 Å². The number of hydrogen-bond donors (Lipinski definition) is 0. The molecule has 0 aromatic carbocycles. The molecular weight excluding hydrogens is 478 g/mol. The van der Waals surface area contributed by atoms with Crippen LogP contribution in [-0.4, -0.2) is 61.5 Å². The van der Waals surface area contributed by atoms with E-state index in [-0.39, 0.29) is 12.8 Å². The zero-order valence-electron chi connectivity index (χ0n) is 15.4. The fraction of sp³-hybridized carbons (Fsp3) is 1.00. The van der Waals surface area contributed by atoms with Crippen molar-refractivity contribution >= 4 is 0 Å². The SMILES string of the molecule is CCC1CCC(OCC(F)(F)C(F)(F)C(F)(F)F)C1OCC(F)(F)C(F)(F)C(F)(F)F. The van der Waals surface area contributed by atoms with Gasteiger partial charge in [-0.1, -0.05) is 13.3 Å². The van der Waals surface area contributed by atoms with Crippen LogP contribution < -0.4 is 0 Å². The number of halogens is 14. The largest absolute Gasteiger partial charge is 0.459 e. The molecule has 2 nitrogen and oxygen atoms in total. The van der Waals surface area contributed by atoms with Crippen molar-refractivity contribution in [1.82, 2.24) is 0 Å². The molecule has 3 atom stereocenters. The Labute approximate surface area is 165 Å². The summed E-state index contributed by atoms with van der Waals surface area (Å²) in [5.74, 6) is -25.5. The van der Waals surface area contributed by atoms with Gasteiger partial charge in [-0.05, 0) is 18.8 Å². The van der Waals surface area contributed by atoms with E-state index in [4.69, 9.17) is 0 Å². The first-order valence-corrected chi connectivity index (χ1v) is 8.50. The summed E-state index contributed by atoms with van der Waals surface area (Å²) >= 11 is 0. The maximum absolute atomic E-state index is 13.4. The fourth-order valence-electron chi connectivity index (χ4n) is 2.88. The predicted molar refractivity (Wildman–Crippen MR) is 74.4 cm³/mol. The van der Waals surface area contributed by atoms with Gasteiger partial charge in [-0.2, -0.15) is 61.5 Å². The van der Waals surface area contributed by atoms with Crippen LogP contribution in [0.15, 0.2) is 0 Å². The molecule has 0 aromatic rings. The van der Waals surface area contributed by atoms with Crippen molar-refractivity contribution in [2.45, 2.75) is 74.4 Å². The van der Waals surface area contributed by atoms with Gasteiger partial charge in [0.05, 0.1) is 12.2 Å². The Morgan fingerprint density at radius 2 is 1.00 bits per heavy atom. The third-order valence-electron chi connectivity index (χ3n) is 4.74. The molecule has 1 saturated carbocycles. The van der Waals surface area contributed by atoms with E-state index in [0.717, 1.165) is 0 Å².